The van der Waals surface area contributed by atoms with Crippen LogP contribution >= 0.6 is 0 Å². The highest BCUT2D eigenvalue weighted by molar-refractivity contribution is 5.14. The molecule has 1 aliphatic rings. The number of hydrogen-bond acceptors (Lipinski definition) is 0. The zero-order chi connectivity index (χ0) is 11.4. The van der Waals surface area contributed by atoms with Gasteiger partial charge in [0.05, 0.1) is 0 Å². The zero-order valence-corrected chi connectivity index (χ0v) is 10.7. The Bertz CT molecular complexity index is 304. The van der Waals surface area contributed by atoms with Crippen LogP contribution in [0.4, 0.5) is 0 Å². The molecule has 2 rings (SSSR count). The normalized spacial score (nSPS) is 17.9. The van der Waals surface area contributed by atoms with Crippen molar-refractivity contribution >= 4 is 0 Å². The highest BCUT2D eigenvalue weighted by Crippen LogP contribution is 2.42. The molecule has 0 heteroatoms. The lowest BCUT2D eigenvalue weighted by Gasteiger charge is -2.31. The predicted molar refractivity (Wildman–Crippen MR) is 70.5 cm³/mol. The van der Waals surface area contributed by atoms with Gasteiger partial charge in [0, 0.05) is 0 Å². The summed E-state index contributed by atoms with van der Waals surface area (Å²) in [6.45, 7) is 4.93. The lowest BCUT2D eigenvalue weighted by Crippen LogP contribution is -2.22. The van der Waals surface area contributed by atoms with Gasteiger partial charge >= 0.3 is 0 Å². The van der Waals surface area contributed by atoms with Gasteiger partial charge in [-0.3, -0.25) is 0 Å². The van der Waals surface area contributed by atoms with E-state index < -0.39 is 0 Å². The van der Waals surface area contributed by atoms with Crippen LogP contribution in [-0.2, 0) is 6.42 Å². The first-order valence-corrected chi connectivity index (χ1v) is 6.72. The van der Waals surface area contributed by atoms with Gasteiger partial charge < -0.3 is 0 Å². The predicted octanol–water partition coefficient (Wildman–Crippen LogP) is 4.84. The molecule has 0 atom stereocenters. The maximum absolute atomic E-state index is 2.46. The molecule has 88 valence electrons. The van der Waals surface area contributed by atoms with Crippen LogP contribution in [0.1, 0.15) is 51.5 Å². The zero-order valence-electron chi connectivity index (χ0n) is 10.7. The van der Waals surface area contributed by atoms with E-state index in [1.54, 1.807) is 0 Å². The van der Waals surface area contributed by atoms with E-state index in [1.807, 2.05) is 0 Å². The molecule has 1 saturated carbocycles. The van der Waals surface area contributed by atoms with Gasteiger partial charge in [-0.25, -0.2) is 0 Å². The molecule has 0 unspecified atom stereocenters. The number of rotatable bonds is 4. The second kappa shape index (κ2) is 5.03. The van der Waals surface area contributed by atoms with E-state index in [0.717, 1.165) is 5.92 Å². The SMILES string of the molecule is CC(C)(CCc1ccccc1)C1CCCC1. The molecule has 1 fully saturated rings. The first kappa shape index (κ1) is 11.7. The Balaban J connectivity index is 1.89. The van der Waals surface area contributed by atoms with Crippen LogP contribution in [0.15, 0.2) is 30.3 Å². The Morgan fingerprint density at radius 1 is 1.06 bits per heavy atom. The average Bonchev–Trinajstić information content (AvgIpc) is 2.82. The minimum atomic E-state index is 0.534. The molecular formula is C16H24. The lowest BCUT2D eigenvalue weighted by molar-refractivity contribution is 0.199. The van der Waals surface area contributed by atoms with Crippen LogP contribution < -0.4 is 0 Å². The molecule has 0 spiro atoms. The molecule has 0 nitrogen and oxygen atoms in total. The molecular weight excluding hydrogens is 192 g/mol. The molecule has 1 aromatic carbocycles. The molecule has 0 radical (unpaired) electrons. The third-order valence-electron chi connectivity index (χ3n) is 4.36. The second-order valence-corrected chi connectivity index (χ2v) is 5.96. The van der Waals surface area contributed by atoms with Crippen LogP contribution in [0.5, 0.6) is 0 Å². The van der Waals surface area contributed by atoms with Gasteiger partial charge in [-0.2, -0.15) is 0 Å². The van der Waals surface area contributed by atoms with Crippen molar-refractivity contribution in [1.82, 2.24) is 0 Å². The Morgan fingerprint density at radius 2 is 1.69 bits per heavy atom. The van der Waals surface area contributed by atoms with Gasteiger partial charge in [-0.1, -0.05) is 57.0 Å². The molecule has 1 aromatic rings. The van der Waals surface area contributed by atoms with Crippen LogP contribution in [0.25, 0.3) is 0 Å². The van der Waals surface area contributed by atoms with Gasteiger partial charge in [-0.05, 0) is 42.6 Å². The molecule has 0 bridgehead atoms. The molecule has 1 aliphatic carbocycles. The van der Waals surface area contributed by atoms with Gasteiger partial charge in [-0.15, -0.1) is 0 Å². The average molecular weight is 216 g/mol. The van der Waals surface area contributed by atoms with Gasteiger partial charge in [0.15, 0.2) is 0 Å². The molecule has 0 heterocycles. The standard InChI is InChI=1S/C16H24/c1-16(2,15-10-6-7-11-15)13-12-14-8-4-3-5-9-14/h3-5,8-9,15H,6-7,10-13H2,1-2H3. The van der Waals surface area contributed by atoms with E-state index in [0.29, 0.717) is 5.41 Å². The Hall–Kier alpha value is -0.780. The first-order valence-electron chi connectivity index (χ1n) is 6.72. The van der Waals surface area contributed by atoms with Crippen LogP contribution in [0.3, 0.4) is 0 Å². The highest BCUT2D eigenvalue weighted by atomic mass is 14.4. The third kappa shape index (κ3) is 2.87. The van der Waals surface area contributed by atoms with Crippen molar-refractivity contribution in [1.29, 1.82) is 0 Å². The maximum Gasteiger partial charge on any atom is -0.0274 e. The summed E-state index contributed by atoms with van der Waals surface area (Å²) in [5, 5.41) is 0. The molecule has 16 heavy (non-hydrogen) atoms. The number of benzene rings is 1. The fourth-order valence-electron chi connectivity index (χ4n) is 3.02. The summed E-state index contributed by atoms with van der Waals surface area (Å²) in [7, 11) is 0. The van der Waals surface area contributed by atoms with Crippen molar-refractivity contribution in [2.45, 2.75) is 52.4 Å². The Morgan fingerprint density at radius 3 is 2.31 bits per heavy atom. The largest absolute Gasteiger partial charge is 0.0622 e. The van der Waals surface area contributed by atoms with E-state index in [2.05, 4.69) is 44.2 Å². The summed E-state index contributed by atoms with van der Waals surface area (Å²) in [4.78, 5) is 0. The van der Waals surface area contributed by atoms with Crippen molar-refractivity contribution < 1.29 is 0 Å². The summed E-state index contributed by atoms with van der Waals surface area (Å²) in [5.41, 5.74) is 2.03. The van der Waals surface area contributed by atoms with Crippen molar-refractivity contribution in [3.05, 3.63) is 35.9 Å². The highest BCUT2D eigenvalue weighted by Gasteiger charge is 2.31. The third-order valence-corrected chi connectivity index (χ3v) is 4.36. The second-order valence-electron chi connectivity index (χ2n) is 5.96. The number of aryl methyl sites for hydroxylation is 1. The molecule has 0 amide bonds. The van der Waals surface area contributed by atoms with E-state index in [9.17, 15) is 0 Å². The summed E-state index contributed by atoms with van der Waals surface area (Å²) >= 11 is 0. The monoisotopic (exact) mass is 216 g/mol. The smallest absolute Gasteiger partial charge is 0.0274 e. The topological polar surface area (TPSA) is 0 Å². The molecule has 0 aromatic heterocycles. The molecule has 0 N–H and O–H groups in total. The lowest BCUT2D eigenvalue weighted by atomic mass is 9.74. The quantitative estimate of drug-likeness (QED) is 0.676. The van der Waals surface area contributed by atoms with Gasteiger partial charge in [0.25, 0.3) is 0 Å². The maximum atomic E-state index is 2.46. The fraction of sp³-hybridized carbons (Fsp3) is 0.625. The minimum Gasteiger partial charge on any atom is -0.0622 e. The summed E-state index contributed by atoms with van der Waals surface area (Å²) in [6.07, 6.45) is 8.41. The first-order chi connectivity index (χ1) is 7.68. The Kier molecular flexibility index (Phi) is 3.68. The molecule has 0 saturated heterocycles. The van der Waals surface area contributed by atoms with Crippen molar-refractivity contribution in [3.63, 3.8) is 0 Å². The van der Waals surface area contributed by atoms with Crippen LogP contribution in [0, 0.1) is 11.3 Å². The molecule has 0 aliphatic heterocycles. The van der Waals surface area contributed by atoms with Crippen molar-refractivity contribution in [2.75, 3.05) is 0 Å². The van der Waals surface area contributed by atoms with Gasteiger partial charge in [0.1, 0.15) is 0 Å². The van der Waals surface area contributed by atoms with E-state index in [1.165, 1.54) is 44.1 Å². The number of hydrogen-bond donors (Lipinski definition) is 0. The fourth-order valence-corrected chi connectivity index (χ4v) is 3.02. The van der Waals surface area contributed by atoms with Crippen LogP contribution in [-0.4, -0.2) is 0 Å². The van der Waals surface area contributed by atoms with E-state index >= 15 is 0 Å². The Labute approximate surface area is 100 Å². The minimum absolute atomic E-state index is 0.534. The summed E-state index contributed by atoms with van der Waals surface area (Å²) in [5.74, 6) is 0.969. The van der Waals surface area contributed by atoms with E-state index in [-0.39, 0.29) is 0 Å². The van der Waals surface area contributed by atoms with Crippen molar-refractivity contribution in [3.8, 4) is 0 Å². The van der Waals surface area contributed by atoms with Gasteiger partial charge in [0.2, 0.25) is 0 Å². The van der Waals surface area contributed by atoms with E-state index in [4.69, 9.17) is 0 Å². The summed E-state index contributed by atoms with van der Waals surface area (Å²) in [6, 6.07) is 10.9. The van der Waals surface area contributed by atoms with Crippen LogP contribution in [0.2, 0.25) is 0 Å². The summed E-state index contributed by atoms with van der Waals surface area (Å²) < 4.78 is 0. The van der Waals surface area contributed by atoms with Crippen molar-refractivity contribution in [2.24, 2.45) is 11.3 Å².